The van der Waals surface area contributed by atoms with E-state index in [1.54, 1.807) is 12.1 Å². The van der Waals surface area contributed by atoms with Crippen molar-refractivity contribution in [1.82, 2.24) is 15.6 Å². The Bertz CT molecular complexity index is 1370. The first-order chi connectivity index (χ1) is 15.0. The van der Waals surface area contributed by atoms with Crippen LogP contribution in [-0.4, -0.2) is 28.2 Å². The molecule has 9 nitrogen and oxygen atoms in total. The van der Waals surface area contributed by atoms with Crippen molar-refractivity contribution in [2.24, 2.45) is 5.10 Å². The summed E-state index contributed by atoms with van der Waals surface area (Å²) in [6, 6.07) is 13.9. The van der Waals surface area contributed by atoms with E-state index in [9.17, 15) is 14.4 Å². The van der Waals surface area contributed by atoms with Gasteiger partial charge in [-0.05, 0) is 18.2 Å². The molecule has 31 heavy (non-hydrogen) atoms. The summed E-state index contributed by atoms with van der Waals surface area (Å²) in [5.41, 5.74) is 2.94. The highest BCUT2D eigenvalue weighted by Gasteiger charge is 2.16. The summed E-state index contributed by atoms with van der Waals surface area (Å²) in [6.45, 7) is 0. The van der Waals surface area contributed by atoms with E-state index in [0.717, 1.165) is 23.1 Å². The molecule has 0 unspecified atom stereocenters. The molecule has 11 heteroatoms. The van der Waals surface area contributed by atoms with Gasteiger partial charge in [0.25, 0.3) is 0 Å². The molecule has 0 aliphatic rings. The smallest absolute Gasteiger partial charge is 0.329 e. The molecule has 2 N–H and O–H groups in total. The Labute approximate surface area is 183 Å². The van der Waals surface area contributed by atoms with Gasteiger partial charge < -0.3 is 4.42 Å². The summed E-state index contributed by atoms with van der Waals surface area (Å²) in [7, 11) is 0. The van der Waals surface area contributed by atoms with Gasteiger partial charge in [0.15, 0.2) is 0 Å². The third-order valence-electron chi connectivity index (χ3n) is 4.00. The van der Waals surface area contributed by atoms with E-state index < -0.39 is 11.8 Å². The molecule has 4 aromatic rings. The second kappa shape index (κ2) is 8.86. The van der Waals surface area contributed by atoms with Crippen molar-refractivity contribution in [3.63, 3.8) is 0 Å². The predicted octanol–water partition coefficient (Wildman–Crippen LogP) is 3.05. The molecule has 0 fully saturated rings. The van der Waals surface area contributed by atoms with Gasteiger partial charge in [0.2, 0.25) is 10.6 Å². The van der Waals surface area contributed by atoms with E-state index in [1.165, 1.54) is 12.3 Å². The maximum Gasteiger partial charge on any atom is 0.329 e. The fourth-order valence-electron chi connectivity index (χ4n) is 2.54. The van der Waals surface area contributed by atoms with Crippen LogP contribution >= 0.6 is 22.9 Å². The predicted molar refractivity (Wildman–Crippen MR) is 117 cm³/mol. The van der Waals surface area contributed by atoms with Crippen molar-refractivity contribution in [3.8, 4) is 10.6 Å². The molecule has 0 aliphatic heterocycles. The first kappa shape index (κ1) is 20.4. The second-order valence-corrected chi connectivity index (χ2v) is 7.51. The van der Waals surface area contributed by atoms with Gasteiger partial charge in [0.1, 0.15) is 16.9 Å². The Morgan fingerprint density at radius 1 is 1.10 bits per heavy atom. The van der Waals surface area contributed by atoms with Crippen LogP contribution < -0.4 is 16.2 Å². The molecule has 2 heterocycles. The molecule has 2 amide bonds. The number of nitrogens with one attached hydrogen (secondary N) is 2. The molecule has 0 radical (unpaired) electrons. The van der Waals surface area contributed by atoms with Crippen LogP contribution in [0.15, 0.2) is 69.1 Å². The van der Waals surface area contributed by atoms with Gasteiger partial charge >= 0.3 is 11.8 Å². The Morgan fingerprint density at radius 3 is 2.71 bits per heavy atom. The molecule has 0 spiro atoms. The van der Waals surface area contributed by atoms with E-state index in [4.69, 9.17) is 16.0 Å². The number of carbonyl (C=O) groups is 2. The van der Waals surface area contributed by atoms with Crippen molar-refractivity contribution in [2.75, 3.05) is 5.32 Å². The highest BCUT2D eigenvalue weighted by molar-refractivity contribution is 7.18. The van der Waals surface area contributed by atoms with Crippen LogP contribution in [0.2, 0.25) is 5.02 Å². The van der Waals surface area contributed by atoms with E-state index in [-0.39, 0.29) is 21.5 Å². The van der Waals surface area contributed by atoms with Crippen molar-refractivity contribution in [1.29, 1.82) is 0 Å². The van der Waals surface area contributed by atoms with Crippen molar-refractivity contribution in [3.05, 3.63) is 75.6 Å². The number of rotatable bonds is 4. The Kier molecular flexibility index (Phi) is 5.83. The fourth-order valence-corrected chi connectivity index (χ4v) is 3.46. The maximum absolute atomic E-state index is 12.4. The highest BCUT2D eigenvalue weighted by Crippen LogP contribution is 2.25. The van der Waals surface area contributed by atoms with Gasteiger partial charge in [-0.25, -0.2) is 5.43 Å². The van der Waals surface area contributed by atoms with Gasteiger partial charge in [-0.15, -0.1) is 10.2 Å². The van der Waals surface area contributed by atoms with Crippen LogP contribution in [0.1, 0.15) is 5.56 Å². The standard InChI is InChI=1S/C20H12ClN5O4S/c21-13-6-7-15-14(8-13)16(27)12(10-30-15)9-22-24-18(29)17(28)23-20-26-25-19(31-20)11-4-2-1-3-5-11/h1-10H,(H,24,29)(H,23,26,28)/b22-9+. The number of carbonyl (C=O) groups excluding carboxylic acids is 2. The molecule has 0 saturated heterocycles. The zero-order valence-corrected chi connectivity index (χ0v) is 17.1. The van der Waals surface area contributed by atoms with Crippen LogP contribution in [0, 0.1) is 0 Å². The van der Waals surface area contributed by atoms with E-state index >= 15 is 0 Å². The number of amides is 2. The molecule has 2 aromatic carbocycles. The van der Waals surface area contributed by atoms with Crippen LogP contribution in [0.4, 0.5) is 5.13 Å². The monoisotopic (exact) mass is 453 g/mol. The minimum atomic E-state index is -1.04. The first-order valence-corrected chi connectivity index (χ1v) is 9.95. The van der Waals surface area contributed by atoms with Crippen LogP contribution in [0.3, 0.4) is 0 Å². The minimum Gasteiger partial charge on any atom is -0.463 e. The molecule has 4 rings (SSSR count). The third-order valence-corrected chi connectivity index (χ3v) is 5.13. The van der Waals surface area contributed by atoms with E-state index in [2.05, 4.69) is 20.6 Å². The van der Waals surface area contributed by atoms with E-state index in [1.807, 2.05) is 35.8 Å². The third kappa shape index (κ3) is 4.65. The molecule has 0 bridgehead atoms. The Morgan fingerprint density at radius 2 is 1.90 bits per heavy atom. The molecular formula is C20H12ClN5O4S. The second-order valence-electron chi connectivity index (χ2n) is 6.09. The topological polar surface area (TPSA) is 127 Å². The lowest BCUT2D eigenvalue weighted by atomic mass is 10.2. The van der Waals surface area contributed by atoms with Gasteiger partial charge in [-0.2, -0.15) is 5.10 Å². The summed E-state index contributed by atoms with van der Waals surface area (Å²) in [6.07, 6.45) is 2.27. The summed E-state index contributed by atoms with van der Waals surface area (Å²) in [5, 5.41) is 15.2. The zero-order chi connectivity index (χ0) is 21.8. The molecule has 0 aliphatic carbocycles. The van der Waals surface area contributed by atoms with Gasteiger partial charge in [0, 0.05) is 10.6 Å². The number of hydrogen-bond acceptors (Lipinski definition) is 8. The zero-order valence-electron chi connectivity index (χ0n) is 15.5. The summed E-state index contributed by atoms with van der Waals surface area (Å²) < 4.78 is 5.35. The normalized spacial score (nSPS) is 11.0. The van der Waals surface area contributed by atoms with Crippen LogP contribution in [0.5, 0.6) is 0 Å². The lowest BCUT2D eigenvalue weighted by Crippen LogP contribution is -2.32. The lowest BCUT2D eigenvalue weighted by Gasteiger charge is -2.00. The number of hydrazone groups is 1. The van der Waals surface area contributed by atoms with Crippen molar-refractivity contribution in [2.45, 2.75) is 0 Å². The molecule has 0 atom stereocenters. The quantitative estimate of drug-likeness (QED) is 0.278. The molecular weight excluding hydrogens is 442 g/mol. The van der Waals surface area contributed by atoms with Crippen molar-refractivity contribution >= 4 is 57.1 Å². The van der Waals surface area contributed by atoms with Gasteiger partial charge in [-0.1, -0.05) is 53.3 Å². The summed E-state index contributed by atoms with van der Waals surface area (Å²) in [5.74, 6) is -2.02. The van der Waals surface area contributed by atoms with Crippen LogP contribution in [-0.2, 0) is 9.59 Å². The highest BCUT2D eigenvalue weighted by atomic mass is 35.5. The van der Waals surface area contributed by atoms with Gasteiger partial charge in [-0.3, -0.25) is 19.7 Å². The number of aromatic nitrogens is 2. The lowest BCUT2D eigenvalue weighted by molar-refractivity contribution is -0.136. The number of hydrogen-bond donors (Lipinski definition) is 2. The average Bonchev–Trinajstić information content (AvgIpc) is 3.24. The fraction of sp³-hybridized carbons (Fsp3) is 0. The summed E-state index contributed by atoms with van der Waals surface area (Å²) >= 11 is 7.02. The Balaban J connectivity index is 1.40. The summed E-state index contributed by atoms with van der Waals surface area (Å²) in [4.78, 5) is 36.4. The maximum atomic E-state index is 12.4. The number of fused-ring (bicyclic) bond motifs is 1. The molecule has 154 valence electrons. The molecule has 0 saturated carbocycles. The SMILES string of the molecule is O=C(N/N=C/c1coc2ccc(Cl)cc2c1=O)C(=O)Nc1nnc(-c2ccccc2)s1. The first-order valence-electron chi connectivity index (χ1n) is 8.75. The number of benzene rings is 2. The molecule has 2 aromatic heterocycles. The average molecular weight is 454 g/mol. The van der Waals surface area contributed by atoms with E-state index in [0.29, 0.717) is 15.6 Å². The largest absolute Gasteiger partial charge is 0.463 e. The van der Waals surface area contributed by atoms with Crippen molar-refractivity contribution < 1.29 is 14.0 Å². The minimum absolute atomic E-state index is 0.0760. The number of halogens is 1. The van der Waals surface area contributed by atoms with Crippen LogP contribution in [0.25, 0.3) is 21.5 Å². The number of anilines is 1. The van der Waals surface area contributed by atoms with Gasteiger partial charge in [0.05, 0.1) is 17.2 Å². The Hall–Kier alpha value is -3.89. The number of nitrogens with zero attached hydrogens (tertiary/aromatic N) is 3.